The van der Waals surface area contributed by atoms with Crippen LogP contribution < -0.4 is 11.5 Å². The molecule has 0 radical (unpaired) electrons. The Balaban J connectivity index is 2.18. The minimum absolute atomic E-state index is 0.0193. The number of rotatable bonds is 3. The topological polar surface area (TPSA) is 148 Å². The highest BCUT2D eigenvalue weighted by Crippen LogP contribution is 2.02. The Hall–Kier alpha value is -2.78. The Morgan fingerprint density at radius 3 is 2.61 bits per heavy atom. The van der Waals surface area contributed by atoms with Crippen molar-refractivity contribution in [2.24, 2.45) is 0 Å². The van der Waals surface area contributed by atoms with Gasteiger partial charge in [-0.05, 0) is 0 Å². The number of ether oxygens (including phenoxy) is 1. The van der Waals surface area contributed by atoms with Gasteiger partial charge in [-0.25, -0.2) is 9.48 Å². The van der Waals surface area contributed by atoms with Crippen molar-refractivity contribution in [3.05, 3.63) is 17.7 Å². The van der Waals surface area contributed by atoms with Gasteiger partial charge in [-0.15, -0.1) is 5.10 Å². The molecular weight excluding hydrogens is 240 g/mol. The first kappa shape index (κ1) is 11.7. The lowest BCUT2D eigenvalue weighted by Crippen LogP contribution is -2.10. The van der Waals surface area contributed by atoms with Gasteiger partial charge in [0.05, 0.1) is 13.3 Å². The Morgan fingerprint density at radius 1 is 1.33 bits per heavy atom. The Morgan fingerprint density at radius 2 is 2.00 bits per heavy atom. The molecule has 2 aromatic rings. The fourth-order valence-electron chi connectivity index (χ4n) is 1.25. The number of nitrogens with zero attached hydrogens (tertiary/aromatic N) is 6. The van der Waals surface area contributed by atoms with Crippen LogP contribution in [0.2, 0.25) is 0 Å². The lowest BCUT2D eigenvalue weighted by atomic mass is 10.5. The molecule has 0 saturated heterocycles. The van der Waals surface area contributed by atoms with Crippen molar-refractivity contribution in [2.45, 2.75) is 6.54 Å². The summed E-state index contributed by atoms with van der Waals surface area (Å²) in [5, 5.41) is 7.36. The van der Waals surface area contributed by atoms with E-state index in [4.69, 9.17) is 11.5 Å². The first-order valence-electron chi connectivity index (χ1n) is 4.83. The molecule has 2 aromatic heterocycles. The zero-order chi connectivity index (χ0) is 13.1. The zero-order valence-electron chi connectivity index (χ0n) is 9.44. The van der Waals surface area contributed by atoms with Crippen molar-refractivity contribution in [1.82, 2.24) is 29.9 Å². The molecule has 10 nitrogen and oxygen atoms in total. The highest BCUT2D eigenvalue weighted by Gasteiger charge is 2.11. The van der Waals surface area contributed by atoms with Crippen molar-refractivity contribution in [2.75, 3.05) is 18.6 Å². The van der Waals surface area contributed by atoms with Crippen LogP contribution in [0.4, 0.5) is 11.9 Å². The van der Waals surface area contributed by atoms with Crippen LogP contribution in [0.3, 0.4) is 0 Å². The van der Waals surface area contributed by atoms with Gasteiger partial charge in [-0.3, -0.25) is 0 Å². The van der Waals surface area contributed by atoms with Gasteiger partial charge in [0, 0.05) is 0 Å². The fraction of sp³-hybridized carbons (Fsp3) is 0.250. The Kier molecular flexibility index (Phi) is 3.00. The summed E-state index contributed by atoms with van der Waals surface area (Å²) in [4.78, 5) is 22.6. The van der Waals surface area contributed by atoms with Gasteiger partial charge < -0.3 is 16.2 Å². The summed E-state index contributed by atoms with van der Waals surface area (Å²) in [7, 11) is 1.26. The minimum atomic E-state index is -0.573. The van der Waals surface area contributed by atoms with Crippen molar-refractivity contribution < 1.29 is 9.53 Å². The Labute approximate surface area is 101 Å². The van der Waals surface area contributed by atoms with Gasteiger partial charge in [0.2, 0.25) is 11.9 Å². The van der Waals surface area contributed by atoms with Crippen LogP contribution in [0.25, 0.3) is 0 Å². The smallest absolute Gasteiger partial charge is 0.360 e. The molecule has 4 N–H and O–H groups in total. The lowest BCUT2D eigenvalue weighted by molar-refractivity contribution is 0.0594. The number of anilines is 2. The minimum Gasteiger partial charge on any atom is -0.464 e. The predicted molar refractivity (Wildman–Crippen MR) is 59.1 cm³/mol. The molecule has 2 heterocycles. The zero-order valence-corrected chi connectivity index (χ0v) is 9.44. The lowest BCUT2D eigenvalue weighted by Gasteiger charge is -2.01. The standard InChI is InChI=1S/C8H10N8O2/c1-18-6(17)4-2-16(15-14-4)3-5-11-7(9)13-8(10)12-5/h2H,3H2,1H3,(H4,9,10,11,12,13). The molecule has 94 valence electrons. The SMILES string of the molecule is COC(=O)c1cn(Cc2nc(N)nc(N)n2)nn1. The maximum absolute atomic E-state index is 11.2. The van der Waals surface area contributed by atoms with E-state index in [1.54, 1.807) is 0 Å². The molecule has 0 amide bonds. The van der Waals surface area contributed by atoms with Crippen molar-refractivity contribution in [3.8, 4) is 0 Å². The van der Waals surface area contributed by atoms with Crippen molar-refractivity contribution in [3.63, 3.8) is 0 Å². The highest BCUT2D eigenvalue weighted by atomic mass is 16.5. The van der Waals surface area contributed by atoms with Crippen molar-refractivity contribution in [1.29, 1.82) is 0 Å². The molecular formula is C8H10N8O2. The van der Waals surface area contributed by atoms with E-state index in [0.29, 0.717) is 5.82 Å². The highest BCUT2D eigenvalue weighted by molar-refractivity contribution is 5.86. The van der Waals surface area contributed by atoms with E-state index in [0.717, 1.165) is 0 Å². The number of nitrogen functional groups attached to an aromatic ring is 2. The summed E-state index contributed by atoms with van der Waals surface area (Å²) >= 11 is 0. The normalized spacial score (nSPS) is 10.3. The van der Waals surface area contributed by atoms with E-state index in [9.17, 15) is 4.79 Å². The van der Waals surface area contributed by atoms with E-state index in [1.165, 1.54) is 18.0 Å². The van der Waals surface area contributed by atoms with Gasteiger partial charge in [0.1, 0.15) is 6.54 Å². The summed E-state index contributed by atoms with van der Waals surface area (Å²) in [5.74, 6) is -0.214. The molecule has 10 heteroatoms. The molecule has 0 aliphatic carbocycles. The van der Waals surface area contributed by atoms with E-state index >= 15 is 0 Å². The maximum atomic E-state index is 11.2. The van der Waals surface area contributed by atoms with Crippen LogP contribution in [0, 0.1) is 0 Å². The second-order valence-corrected chi connectivity index (χ2v) is 3.26. The molecule has 0 bridgehead atoms. The second kappa shape index (κ2) is 4.61. The third-order valence-corrected chi connectivity index (χ3v) is 1.95. The van der Waals surface area contributed by atoms with Crippen LogP contribution in [0.1, 0.15) is 16.3 Å². The number of methoxy groups -OCH3 is 1. The van der Waals surface area contributed by atoms with Crippen LogP contribution >= 0.6 is 0 Å². The summed E-state index contributed by atoms with van der Waals surface area (Å²) in [6.45, 7) is 0.168. The van der Waals surface area contributed by atoms with E-state index < -0.39 is 5.97 Å². The van der Waals surface area contributed by atoms with Gasteiger partial charge in [-0.2, -0.15) is 15.0 Å². The fourth-order valence-corrected chi connectivity index (χ4v) is 1.25. The third kappa shape index (κ3) is 2.48. The average Bonchev–Trinajstić information content (AvgIpc) is 2.75. The van der Waals surface area contributed by atoms with Gasteiger partial charge in [-0.1, -0.05) is 5.21 Å². The Bertz CT molecular complexity index is 560. The van der Waals surface area contributed by atoms with Crippen LogP contribution in [-0.4, -0.2) is 43.0 Å². The molecule has 18 heavy (non-hydrogen) atoms. The van der Waals surface area contributed by atoms with E-state index in [1.807, 2.05) is 0 Å². The summed E-state index contributed by atoms with van der Waals surface area (Å²) in [6.07, 6.45) is 1.40. The first-order chi connectivity index (χ1) is 8.58. The summed E-state index contributed by atoms with van der Waals surface area (Å²) in [5.41, 5.74) is 10.9. The monoisotopic (exact) mass is 250 g/mol. The predicted octanol–water partition coefficient (Wildman–Crippen LogP) is -1.54. The largest absolute Gasteiger partial charge is 0.464 e. The van der Waals surface area contributed by atoms with Gasteiger partial charge in [0.15, 0.2) is 11.5 Å². The molecule has 0 aliphatic rings. The number of esters is 1. The number of nitrogens with two attached hydrogens (primary N) is 2. The third-order valence-electron chi connectivity index (χ3n) is 1.95. The van der Waals surface area contributed by atoms with Crippen LogP contribution in [0.5, 0.6) is 0 Å². The number of carbonyl (C=O) groups excluding carboxylic acids is 1. The summed E-state index contributed by atoms with van der Waals surface area (Å²) in [6, 6.07) is 0. The number of hydrogen-bond acceptors (Lipinski definition) is 9. The van der Waals surface area contributed by atoms with Crippen LogP contribution in [0.15, 0.2) is 6.20 Å². The number of carbonyl (C=O) groups is 1. The molecule has 0 atom stereocenters. The molecule has 0 aromatic carbocycles. The van der Waals surface area contributed by atoms with E-state index in [2.05, 4.69) is 30.0 Å². The summed E-state index contributed by atoms with van der Waals surface area (Å²) < 4.78 is 5.86. The maximum Gasteiger partial charge on any atom is 0.360 e. The quantitative estimate of drug-likeness (QED) is 0.618. The average molecular weight is 250 g/mol. The molecule has 0 unspecified atom stereocenters. The molecule has 0 fully saturated rings. The number of hydrogen-bond donors (Lipinski definition) is 2. The molecule has 0 spiro atoms. The molecule has 0 aliphatic heterocycles. The van der Waals surface area contributed by atoms with Crippen molar-refractivity contribution >= 4 is 17.9 Å². The number of aromatic nitrogens is 6. The molecule has 0 saturated carbocycles. The van der Waals surface area contributed by atoms with Crippen LogP contribution in [-0.2, 0) is 11.3 Å². The first-order valence-corrected chi connectivity index (χ1v) is 4.83. The van der Waals surface area contributed by atoms with Gasteiger partial charge >= 0.3 is 5.97 Å². The second-order valence-electron chi connectivity index (χ2n) is 3.26. The van der Waals surface area contributed by atoms with Gasteiger partial charge in [0.25, 0.3) is 0 Å². The van der Waals surface area contributed by atoms with E-state index in [-0.39, 0.29) is 24.1 Å². The molecule has 2 rings (SSSR count).